The van der Waals surface area contributed by atoms with E-state index in [9.17, 15) is 0 Å². The predicted molar refractivity (Wildman–Crippen MR) is 95.7 cm³/mol. The lowest BCUT2D eigenvalue weighted by Gasteiger charge is -2.22. The van der Waals surface area contributed by atoms with Gasteiger partial charge in [-0.15, -0.1) is 0 Å². The fourth-order valence-electron chi connectivity index (χ4n) is 1.96. The maximum Gasteiger partial charge on any atom is 0.130 e. The van der Waals surface area contributed by atoms with E-state index >= 15 is 0 Å². The molecule has 1 unspecified atom stereocenters. The highest BCUT2D eigenvalue weighted by Crippen LogP contribution is 2.14. The highest BCUT2D eigenvalue weighted by Gasteiger charge is 2.16. The third kappa shape index (κ3) is 5.98. The molecule has 1 aliphatic rings. The fraction of sp³-hybridized carbons (Fsp3) is 0.438. The van der Waals surface area contributed by atoms with E-state index in [-0.39, 0.29) is 6.04 Å². The Kier molecular flexibility index (Phi) is 7.59. The zero-order chi connectivity index (χ0) is 17.2. The maximum atomic E-state index is 7.76. The smallest absolute Gasteiger partial charge is 0.130 e. The summed E-state index contributed by atoms with van der Waals surface area (Å²) in [5.41, 5.74) is 2.44. The van der Waals surface area contributed by atoms with E-state index < -0.39 is 0 Å². The first kappa shape index (κ1) is 18.5. The van der Waals surface area contributed by atoms with Crippen LogP contribution in [0.3, 0.4) is 0 Å². The van der Waals surface area contributed by atoms with Gasteiger partial charge in [0.05, 0.1) is 12.4 Å². The molecule has 0 aromatic rings. The summed E-state index contributed by atoms with van der Waals surface area (Å²) in [6.45, 7) is 7.95. The van der Waals surface area contributed by atoms with Crippen LogP contribution in [0.2, 0.25) is 0 Å². The minimum Gasteiger partial charge on any atom is -0.394 e. The van der Waals surface area contributed by atoms with Gasteiger partial charge in [-0.2, -0.15) is 0 Å². The van der Waals surface area contributed by atoms with E-state index in [0.29, 0.717) is 18.0 Å². The molecule has 0 fully saturated rings. The van der Waals surface area contributed by atoms with Crippen molar-refractivity contribution in [1.29, 1.82) is 5.41 Å². The second kappa shape index (κ2) is 9.45. The highest BCUT2D eigenvalue weighted by molar-refractivity contribution is 5.96. The van der Waals surface area contributed by atoms with Crippen LogP contribution in [0.1, 0.15) is 27.7 Å². The lowest BCUT2D eigenvalue weighted by atomic mass is 10.1. The Bertz CT molecular complexity index is 571. The molecule has 7 heteroatoms. The van der Waals surface area contributed by atoms with Gasteiger partial charge in [0.2, 0.25) is 0 Å². The molecule has 0 amide bonds. The average molecular weight is 318 g/mol. The topological polar surface area (TPSA) is 93.9 Å². The Labute approximate surface area is 137 Å². The molecule has 0 spiro atoms. The number of oxime groups is 1. The van der Waals surface area contributed by atoms with Crippen molar-refractivity contribution in [2.24, 2.45) is 10.1 Å². The van der Waals surface area contributed by atoms with E-state index in [4.69, 9.17) is 10.2 Å². The molecule has 1 heterocycles. The van der Waals surface area contributed by atoms with Gasteiger partial charge in [0.1, 0.15) is 11.6 Å². The summed E-state index contributed by atoms with van der Waals surface area (Å²) in [6.07, 6.45) is 7.01. The summed E-state index contributed by atoms with van der Waals surface area (Å²) in [5, 5.41) is 20.9. The second-order valence-corrected chi connectivity index (χ2v) is 5.10. The van der Waals surface area contributed by atoms with Gasteiger partial charge in [-0.3, -0.25) is 0 Å². The van der Waals surface area contributed by atoms with E-state index in [2.05, 4.69) is 26.1 Å². The monoisotopic (exact) mass is 318 g/mol. The van der Waals surface area contributed by atoms with Crippen LogP contribution in [0.25, 0.3) is 0 Å². The molecule has 1 rings (SSSR count). The molecule has 0 radical (unpaired) electrons. The van der Waals surface area contributed by atoms with Crippen LogP contribution < -0.4 is 16.0 Å². The van der Waals surface area contributed by atoms with Crippen molar-refractivity contribution in [3.05, 3.63) is 35.0 Å². The maximum absolute atomic E-state index is 7.76. The molecule has 0 saturated carbocycles. The molecule has 23 heavy (non-hydrogen) atoms. The Balaban J connectivity index is 2.81. The Hall–Kier alpha value is -2.57. The zero-order valence-corrected chi connectivity index (χ0v) is 14.4. The molecule has 0 aliphatic carbocycles. The third-order valence-electron chi connectivity index (χ3n) is 3.24. The molecule has 0 aromatic heterocycles. The number of nitrogens with zero attached hydrogens (tertiary/aromatic N) is 2. The third-order valence-corrected chi connectivity index (χ3v) is 3.24. The molecule has 0 bridgehead atoms. The van der Waals surface area contributed by atoms with Gasteiger partial charge in [-0.05, 0) is 39.3 Å². The molecule has 1 aliphatic heterocycles. The first-order chi connectivity index (χ1) is 11.0. The van der Waals surface area contributed by atoms with Crippen molar-refractivity contribution < 1.29 is 4.84 Å². The van der Waals surface area contributed by atoms with Crippen LogP contribution in [-0.4, -0.2) is 37.9 Å². The summed E-state index contributed by atoms with van der Waals surface area (Å²) in [6, 6.07) is -0.0140. The quantitative estimate of drug-likeness (QED) is 0.312. The van der Waals surface area contributed by atoms with E-state index in [1.807, 2.05) is 33.2 Å². The Morgan fingerprint density at radius 3 is 2.87 bits per heavy atom. The first-order valence-corrected chi connectivity index (χ1v) is 7.48. The Morgan fingerprint density at radius 2 is 2.26 bits per heavy atom. The van der Waals surface area contributed by atoms with Crippen LogP contribution in [0.15, 0.2) is 45.2 Å². The van der Waals surface area contributed by atoms with Gasteiger partial charge in [-0.25, -0.2) is 4.99 Å². The second-order valence-electron chi connectivity index (χ2n) is 5.10. The number of rotatable bonds is 8. The van der Waals surface area contributed by atoms with Crippen LogP contribution in [-0.2, 0) is 4.84 Å². The number of allylic oxidation sites excluding steroid dienone is 1. The van der Waals surface area contributed by atoms with E-state index in [1.54, 1.807) is 26.4 Å². The van der Waals surface area contributed by atoms with E-state index in [1.165, 1.54) is 0 Å². The predicted octanol–water partition coefficient (Wildman–Crippen LogP) is 1.88. The minimum atomic E-state index is -0.0140. The summed E-state index contributed by atoms with van der Waals surface area (Å²) >= 11 is 0. The van der Waals surface area contributed by atoms with Gasteiger partial charge in [0.25, 0.3) is 0 Å². The van der Waals surface area contributed by atoms with Gasteiger partial charge in [-0.1, -0.05) is 5.16 Å². The number of nitrogens with one attached hydrogen (secondary N) is 4. The molecule has 4 N–H and O–H groups in total. The van der Waals surface area contributed by atoms with Crippen LogP contribution in [0, 0.1) is 5.41 Å². The van der Waals surface area contributed by atoms with Crippen LogP contribution in [0.4, 0.5) is 0 Å². The normalized spacial score (nSPS) is 18.9. The standard InChI is InChI=1S/C16H26N6O/c1-6-22-23-11(2)7-15-12(3)16(21-10-20-15)19-9-14(8-18-5)13(4)17/h6-8,10,15,17-19H,9H2,1-5H3,(H,20,21)/b11-7+,14-8-,17-13?,22-6+. The number of hydrogen-bond acceptors (Lipinski definition) is 7. The molecule has 1 atom stereocenters. The van der Waals surface area contributed by atoms with Crippen LogP contribution >= 0.6 is 0 Å². The molecular weight excluding hydrogens is 292 g/mol. The Morgan fingerprint density at radius 1 is 1.52 bits per heavy atom. The minimum absolute atomic E-state index is 0.0140. The largest absolute Gasteiger partial charge is 0.394 e. The summed E-state index contributed by atoms with van der Waals surface area (Å²) < 4.78 is 0. The van der Waals surface area contributed by atoms with Crippen molar-refractivity contribution >= 4 is 18.3 Å². The molecule has 7 nitrogen and oxygen atoms in total. The van der Waals surface area contributed by atoms with E-state index in [0.717, 1.165) is 17.0 Å². The molecule has 0 aromatic carbocycles. The van der Waals surface area contributed by atoms with Crippen molar-refractivity contribution in [2.75, 3.05) is 13.6 Å². The number of hydrogen-bond donors (Lipinski definition) is 4. The van der Waals surface area contributed by atoms with Gasteiger partial charge in [0, 0.05) is 37.3 Å². The van der Waals surface area contributed by atoms with Crippen molar-refractivity contribution in [3.8, 4) is 0 Å². The van der Waals surface area contributed by atoms with Gasteiger partial charge >= 0.3 is 0 Å². The highest BCUT2D eigenvalue weighted by atomic mass is 16.6. The van der Waals surface area contributed by atoms with Crippen molar-refractivity contribution in [3.63, 3.8) is 0 Å². The zero-order valence-electron chi connectivity index (χ0n) is 14.4. The van der Waals surface area contributed by atoms with Gasteiger partial charge < -0.3 is 26.2 Å². The summed E-state index contributed by atoms with van der Waals surface area (Å²) in [4.78, 5) is 9.53. The molecule has 0 saturated heterocycles. The average Bonchev–Trinajstić information content (AvgIpc) is 2.52. The van der Waals surface area contributed by atoms with Crippen molar-refractivity contribution in [1.82, 2.24) is 16.0 Å². The summed E-state index contributed by atoms with van der Waals surface area (Å²) in [5.74, 6) is 1.50. The lowest BCUT2D eigenvalue weighted by molar-refractivity contribution is 0.229. The van der Waals surface area contributed by atoms with Crippen LogP contribution in [0.5, 0.6) is 0 Å². The molecular formula is C16H26N6O. The summed E-state index contributed by atoms with van der Waals surface area (Å²) in [7, 11) is 1.82. The SMILES string of the molecule is C/C=N/O/C(C)=C/C1NC=NC(NC/C(=C/NC)C(C)=N)=C1C. The first-order valence-electron chi connectivity index (χ1n) is 7.48. The fourth-order valence-corrected chi connectivity index (χ4v) is 1.96. The number of aliphatic imine (C=N–C) groups is 1. The lowest BCUT2D eigenvalue weighted by Crippen LogP contribution is -2.34. The molecule has 126 valence electrons. The van der Waals surface area contributed by atoms with Gasteiger partial charge in [0.15, 0.2) is 0 Å². The van der Waals surface area contributed by atoms with Crippen molar-refractivity contribution in [2.45, 2.75) is 33.7 Å².